The van der Waals surface area contributed by atoms with E-state index in [1.54, 1.807) is 30.3 Å². The number of nitrogens with zero attached hydrogens (tertiary/aromatic N) is 4. The summed E-state index contributed by atoms with van der Waals surface area (Å²) in [6.45, 7) is 2.10. The fourth-order valence-electron chi connectivity index (χ4n) is 3.99. The molecule has 0 aliphatic carbocycles. The van der Waals surface area contributed by atoms with Crippen molar-refractivity contribution in [3.8, 4) is 17.2 Å². The average Bonchev–Trinajstić information content (AvgIpc) is 3.36. The zero-order valence-corrected chi connectivity index (χ0v) is 22.4. The molecular formula is C26H20BrClN4O6. The molecule has 0 spiro atoms. The Kier molecular flexibility index (Phi) is 7.30. The van der Waals surface area contributed by atoms with Crippen molar-refractivity contribution in [2.24, 2.45) is 5.10 Å². The molecule has 0 amide bonds. The third-order valence-corrected chi connectivity index (χ3v) is 6.45. The molecule has 0 unspecified atom stereocenters. The normalized spacial score (nSPS) is 12.4. The van der Waals surface area contributed by atoms with E-state index in [0.29, 0.717) is 40.2 Å². The molecule has 3 aromatic carbocycles. The van der Waals surface area contributed by atoms with Gasteiger partial charge in [0.15, 0.2) is 11.5 Å². The van der Waals surface area contributed by atoms with Gasteiger partial charge in [-0.1, -0.05) is 40.5 Å². The van der Waals surface area contributed by atoms with Gasteiger partial charge < -0.3 is 14.2 Å². The average molecular weight is 600 g/mol. The van der Waals surface area contributed by atoms with Gasteiger partial charge in [-0.2, -0.15) is 9.78 Å². The Morgan fingerprint density at radius 1 is 1.21 bits per heavy atom. The standard InChI is InChI=1S/C26H20BrClN4O6/c1-2-3-24-30-20-6-5-17(27)10-19(20)26(33)31(24)29-12-16-9-18(28)11-21(32(34)35)25(16)36-13-15-4-7-22-23(8-15)38-14-37-22/h4-12H,2-3,13-14H2,1H3. The van der Waals surface area contributed by atoms with Crippen LogP contribution in [0.1, 0.15) is 30.3 Å². The van der Waals surface area contributed by atoms with Crippen LogP contribution in [0.3, 0.4) is 0 Å². The van der Waals surface area contributed by atoms with Crippen molar-refractivity contribution in [1.82, 2.24) is 9.66 Å². The number of benzene rings is 3. The number of aromatic nitrogens is 2. The highest BCUT2D eigenvalue weighted by molar-refractivity contribution is 9.10. The highest BCUT2D eigenvalue weighted by Gasteiger charge is 2.22. The second-order valence-electron chi connectivity index (χ2n) is 8.38. The van der Waals surface area contributed by atoms with E-state index in [0.717, 1.165) is 10.9 Å². The zero-order chi connectivity index (χ0) is 26.8. The Hall–Kier alpha value is -3.96. The lowest BCUT2D eigenvalue weighted by molar-refractivity contribution is -0.385. The van der Waals surface area contributed by atoms with Crippen LogP contribution in [-0.4, -0.2) is 27.6 Å². The predicted molar refractivity (Wildman–Crippen MR) is 146 cm³/mol. The maximum Gasteiger partial charge on any atom is 0.313 e. The van der Waals surface area contributed by atoms with E-state index in [4.69, 9.17) is 25.8 Å². The van der Waals surface area contributed by atoms with Gasteiger partial charge in [0.25, 0.3) is 5.56 Å². The molecule has 0 radical (unpaired) electrons. The van der Waals surface area contributed by atoms with Crippen molar-refractivity contribution in [3.63, 3.8) is 0 Å². The van der Waals surface area contributed by atoms with Gasteiger partial charge in [-0.05, 0) is 48.4 Å². The summed E-state index contributed by atoms with van der Waals surface area (Å²) in [6.07, 6.45) is 2.55. The van der Waals surface area contributed by atoms with Gasteiger partial charge in [0, 0.05) is 27.5 Å². The number of nitro groups is 1. The van der Waals surface area contributed by atoms with Crippen LogP contribution in [-0.2, 0) is 13.0 Å². The fourth-order valence-corrected chi connectivity index (χ4v) is 4.58. The topological polar surface area (TPSA) is 118 Å². The Bertz CT molecular complexity index is 1660. The predicted octanol–water partition coefficient (Wildman–Crippen LogP) is 5.86. The van der Waals surface area contributed by atoms with E-state index in [1.165, 1.54) is 23.0 Å². The summed E-state index contributed by atoms with van der Waals surface area (Å²) in [5.74, 6) is 1.60. The lowest BCUT2D eigenvalue weighted by Gasteiger charge is -2.12. The maximum absolute atomic E-state index is 13.3. The first-order valence-electron chi connectivity index (χ1n) is 11.6. The first-order chi connectivity index (χ1) is 18.3. The van der Waals surface area contributed by atoms with Gasteiger partial charge in [0.2, 0.25) is 12.5 Å². The molecule has 38 heavy (non-hydrogen) atoms. The second-order valence-corrected chi connectivity index (χ2v) is 9.73. The summed E-state index contributed by atoms with van der Waals surface area (Å²) in [4.78, 5) is 29.2. The van der Waals surface area contributed by atoms with Gasteiger partial charge in [0.1, 0.15) is 12.4 Å². The van der Waals surface area contributed by atoms with Crippen LogP contribution >= 0.6 is 27.5 Å². The van der Waals surface area contributed by atoms with Gasteiger partial charge in [-0.3, -0.25) is 14.9 Å². The Morgan fingerprint density at radius 3 is 2.82 bits per heavy atom. The van der Waals surface area contributed by atoms with Crippen LogP contribution in [0.15, 0.2) is 62.9 Å². The third kappa shape index (κ3) is 5.20. The van der Waals surface area contributed by atoms with Gasteiger partial charge in [0.05, 0.1) is 22.0 Å². The van der Waals surface area contributed by atoms with E-state index >= 15 is 0 Å². The highest BCUT2D eigenvalue weighted by Crippen LogP contribution is 2.36. The zero-order valence-electron chi connectivity index (χ0n) is 20.0. The van der Waals surface area contributed by atoms with Gasteiger partial charge in [-0.15, -0.1) is 0 Å². The minimum Gasteiger partial charge on any atom is -0.481 e. The number of nitro benzene ring substituents is 1. The number of hydrogen-bond donors (Lipinski definition) is 0. The molecule has 0 atom stereocenters. The summed E-state index contributed by atoms with van der Waals surface area (Å²) in [6, 6.07) is 13.2. The van der Waals surface area contributed by atoms with Crippen LogP contribution in [0.2, 0.25) is 5.02 Å². The summed E-state index contributed by atoms with van der Waals surface area (Å²) >= 11 is 9.58. The molecule has 1 aliphatic rings. The van der Waals surface area contributed by atoms with E-state index in [-0.39, 0.29) is 41.0 Å². The maximum atomic E-state index is 13.3. The minimum absolute atomic E-state index is 0.00649. The number of ether oxygens (including phenoxy) is 3. The van der Waals surface area contributed by atoms with Crippen LogP contribution in [0.5, 0.6) is 17.2 Å². The van der Waals surface area contributed by atoms with Crippen molar-refractivity contribution in [2.45, 2.75) is 26.4 Å². The number of rotatable bonds is 8. The molecule has 2 heterocycles. The first kappa shape index (κ1) is 25.7. The molecular weight excluding hydrogens is 580 g/mol. The van der Waals surface area contributed by atoms with Crippen LogP contribution < -0.4 is 19.8 Å². The molecule has 0 fully saturated rings. The SMILES string of the molecule is CCCc1nc2ccc(Br)cc2c(=O)n1N=Cc1cc(Cl)cc([N+](=O)[O-])c1OCc1ccc2c(c1)OCO2. The Balaban J connectivity index is 1.56. The smallest absolute Gasteiger partial charge is 0.313 e. The van der Waals surface area contributed by atoms with Crippen LogP contribution in [0, 0.1) is 10.1 Å². The number of aryl methyl sites for hydroxylation is 1. The molecule has 0 bridgehead atoms. The Labute approximate surface area is 229 Å². The van der Waals surface area contributed by atoms with Crippen molar-refractivity contribution in [1.29, 1.82) is 0 Å². The number of hydrogen-bond acceptors (Lipinski definition) is 8. The van der Waals surface area contributed by atoms with Crippen molar-refractivity contribution >= 4 is 50.3 Å². The molecule has 1 aromatic heterocycles. The molecule has 194 valence electrons. The van der Waals surface area contributed by atoms with Gasteiger partial charge in [-0.25, -0.2) is 4.98 Å². The first-order valence-corrected chi connectivity index (χ1v) is 12.8. The highest BCUT2D eigenvalue weighted by atomic mass is 79.9. The monoisotopic (exact) mass is 598 g/mol. The second kappa shape index (κ2) is 10.8. The minimum atomic E-state index is -0.581. The van der Waals surface area contributed by atoms with Crippen molar-refractivity contribution in [3.05, 3.63) is 95.4 Å². The third-order valence-electron chi connectivity index (χ3n) is 5.74. The number of halogens is 2. The van der Waals surface area contributed by atoms with Crippen LogP contribution in [0.25, 0.3) is 10.9 Å². The van der Waals surface area contributed by atoms with E-state index in [1.807, 2.05) is 13.0 Å². The largest absolute Gasteiger partial charge is 0.481 e. The van der Waals surface area contributed by atoms with E-state index in [9.17, 15) is 14.9 Å². The van der Waals surface area contributed by atoms with Crippen molar-refractivity contribution in [2.75, 3.05) is 6.79 Å². The van der Waals surface area contributed by atoms with Gasteiger partial charge >= 0.3 is 5.69 Å². The summed E-state index contributed by atoms with van der Waals surface area (Å²) in [5, 5.41) is 16.7. The summed E-state index contributed by atoms with van der Waals surface area (Å²) in [5.41, 5.74) is 0.803. The molecule has 1 aliphatic heterocycles. The van der Waals surface area contributed by atoms with Crippen LogP contribution in [0.4, 0.5) is 5.69 Å². The molecule has 10 nitrogen and oxygen atoms in total. The molecule has 5 rings (SSSR count). The van der Waals surface area contributed by atoms with Crippen molar-refractivity contribution < 1.29 is 19.1 Å². The lowest BCUT2D eigenvalue weighted by Crippen LogP contribution is -2.22. The molecule has 0 saturated heterocycles. The van der Waals surface area contributed by atoms with E-state index in [2.05, 4.69) is 26.0 Å². The molecule has 12 heteroatoms. The molecule has 0 N–H and O–H groups in total. The number of fused-ring (bicyclic) bond motifs is 2. The molecule has 4 aromatic rings. The fraction of sp³-hybridized carbons (Fsp3) is 0.192. The molecule has 0 saturated carbocycles. The Morgan fingerprint density at radius 2 is 2.03 bits per heavy atom. The summed E-state index contributed by atoms with van der Waals surface area (Å²) in [7, 11) is 0. The quantitative estimate of drug-likeness (QED) is 0.141. The lowest BCUT2D eigenvalue weighted by atomic mass is 10.1. The summed E-state index contributed by atoms with van der Waals surface area (Å²) < 4.78 is 18.6. The van der Waals surface area contributed by atoms with E-state index < -0.39 is 4.92 Å².